The van der Waals surface area contributed by atoms with Crippen LogP contribution < -0.4 is 4.74 Å². The highest BCUT2D eigenvalue weighted by atomic mass is 16.5. The van der Waals surface area contributed by atoms with E-state index < -0.39 is 6.10 Å². The molecule has 3 nitrogen and oxygen atoms in total. The Balaban J connectivity index is 2.54. The lowest BCUT2D eigenvalue weighted by atomic mass is 10.1. The number of rotatable bonds is 5. The predicted molar refractivity (Wildman–Crippen MR) is 61.1 cm³/mol. The highest BCUT2D eigenvalue weighted by Crippen LogP contribution is 2.19. The minimum atomic E-state index is -0.390. The van der Waals surface area contributed by atoms with Crippen LogP contribution in [0, 0.1) is 0 Å². The molecule has 0 saturated carbocycles. The van der Waals surface area contributed by atoms with Crippen molar-refractivity contribution in [2.24, 2.45) is 0 Å². The van der Waals surface area contributed by atoms with E-state index in [1.165, 1.54) is 0 Å². The van der Waals surface area contributed by atoms with Gasteiger partial charge in [0.15, 0.2) is 0 Å². The molecular weight excluding hydrogens is 190 g/mol. The largest absolute Gasteiger partial charge is 0.497 e. The second kappa shape index (κ2) is 5.73. The first-order valence-electron chi connectivity index (χ1n) is 5.10. The van der Waals surface area contributed by atoms with Crippen LogP contribution in [0.2, 0.25) is 0 Å². The summed E-state index contributed by atoms with van der Waals surface area (Å²) in [5, 5.41) is 9.87. The summed E-state index contributed by atoms with van der Waals surface area (Å²) in [5.74, 6) is 0.818. The van der Waals surface area contributed by atoms with Gasteiger partial charge in [0.05, 0.1) is 13.2 Å². The Morgan fingerprint density at radius 2 is 1.87 bits per heavy atom. The van der Waals surface area contributed by atoms with Gasteiger partial charge in [0, 0.05) is 6.54 Å². The average molecular weight is 209 g/mol. The Morgan fingerprint density at radius 1 is 1.27 bits per heavy atom. The van der Waals surface area contributed by atoms with E-state index in [-0.39, 0.29) is 0 Å². The number of nitrogens with zero attached hydrogens (tertiary/aromatic N) is 1. The number of aliphatic hydroxyl groups excluding tert-OH is 1. The minimum absolute atomic E-state index is 0.390. The maximum Gasteiger partial charge on any atom is 0.118 e. The summed E-state index contributed by atoms with van der Waals surface area (Å²) >= 11 is 0. The molecule has 0 radical (unpaired) electrons. The fraction of sp³-hybridized carbons (Fsp3) is 0.500. The van der Waals surface area contributed by atoms with Crippen molar-refractivity contribution in [3.05, 3.63) is 29.8 Å². The van der Waals surface area contributed by atoms with Gasteiger partial charge < -0.3 is 14.7 Å². The van der Waals surface area contributed by atoms with E-state index in [4.69, 9.17) is 4.74 Å². The van der Waals surface area contributed by atoms with E-state index in [1.807, 2.05) is 38.4 Å². The summed E-state index contributed by atoms with van der Waals surface area (Å²) in [5.41, 5.74) is 0.942. The van der Waals surface area contributed by atoms with Crippen molar-refractivity contribution in [3.63, 3.8) is 0 Å². The lowest BCUT2D eigenvalue weighted by Gasteiger charge is -2.14. The zero-order chi connectivity index (χ0) is 11.3. The van der Waals surface area contributed by atoms with Gasteiger partial charge in [-0.05, 0) is 38.2 Å². The first-order chi connectivity index (χ1) is 7.13. The summed E-state index contributed by atoms with van der Waals surface area (Å²) in [7, 11) is 5.64. The lowest BCUT2D eigenvalue weighted by molar-refractivity contribution is 0.154. The van der Waals surface area contributed by atoms with Crippen LogP contribution in [-0.2, 0) is 0 Å². The molecule has 1 aromatic rings. The Labute approximate surface area is 91.3 Å². The van der Waals surface area contributed by atoms with Crippen molar-refractivity contribution >= 4 is 0 Å². The summed E-state index contributed by atoms with van der Waals surface area (Å²) in [6.45, 7) is 0.882. The highest BCUT2D eigenvalue weighted by Gasteiger charge is 2.07. The maximum atomic E-state index is 9.87. The molecule has 0 fully saturated rings. The zero-order valence-corrected chi connectivity index (χ0v) is 9.60. The van der Waals surface area contributed by atoms with Crippen molar-refractivity contribution in [1.82, 2.24) is 4.90 Å². The minimum Gasteiger partial charge on any atom is -0.497 e. The monoisotopic (exact) mass is 209 g/mol. The molecule has 84 valence electrons. The Morgan fingerprint density at radius 3 is 2.33 bits per heavy atom. The first kappa shape index (κ1) is 12.0. The molecule has 0 aliphatic carbocycles. The van der Waals surface area contributed by atoms with Crippen molar-refractivity contribution in [3.8, 4) is 5.75 Å². The van der Waals surface area contributed by atoms with E-state index in [2.05, 4.69) is 4.90 Å². The predicted octanol–water partition coefficient (Wildman–Crippen LogP) is 1.68. The molecule has 0 amide bonds. The molecule has 1 rings (SSSR count). The van der Waals surface area contributed by atoms with Gasteiger partial charge in [-0.25, -0.2) is 0 Å². The van der Waals surface area contributed by atoms with E-state index in [0.717, 1.165) is 24.3 Å². The maximum absolute atomic E-state index is 9.87. The van der Waals surface area contributed by atoms with Gasteiger partial charge in [0.1, 0.15) is 5.75 Å². The molecule has 0 unspecified atom stereocenters. The SMILES string of the molecule is COc1ccc([C@@H](O)CCN(C)C)cc1. The zero-order valence-electron chi connectivity index (χ0n) is 9.60. The first-order valence-corrected chi connectivity index (χ1v) is 5.10. The molecule has 0 aromatic heterocycles. The molecule has 0 saturated heterocycles. The summed E-state index contributed by atoms with van der Waals surface area (Å²) in [4.78, 5) is 2.06. The Hall–Kier alpha value is -1.06. The van der Waals surface area contributed by atoms with Crippen LogP contribution in [0.1, 0.15) is 18.1 Å². The van der Waals surface area contributed by atoms with Gasteiger partial charge in [-0.1, -0.05) is 12.1 Å². The fourth-order valence-corrected chi connectivity index (χ4v) is 1.37. The van der Waals surface area contributed by atoms with Crippen LogP contribution in [0.5, 0.6) is 5.75 Å². The second-order valence-corrected chi connectivity index (χ2v) is 3.88. The van der Waals surface area contributed by atoms with Gasteiger partial charge in [-0.2, -0.15) is 0 Å². The Bertz CT molecular complexity index is 282. The molecule has 3 heteroatoms. The van der Waals surface area contributed by atoms with Gasteiger partial charge in [0.25, 0.3) is 0 Å². The number of ether oxygens (including phenoxy) is 1. The quantitative estimate of drug-likeness (QED) is 0.801. The van der Waals surface area contributed by atoms with Crippen LogP contribution in [0.3, 0.4) is 0 Å². The number of hydrogen-bond donors (Lipinski definition) is 1. The normalized spacial score (nSPS) is 12.9. The van der Waals surface area contributed by atoms with Crippen molar-refractivity contribution in [2.45, 2.75) is 12.5 Å². The molecule has 0 aliphatic heterocycles. The average Bonchev–Trinajstić information content (AvgIpc) is 2.26. The fourth-order valence-electron chi connectivity index (χ4n) is 1.37. The highest BCUT2D eigenvalue weighted by molar-refractivity contribution is 5.28. The third kappa shape index (κ3) is 3.90. The molecule has 1 N–H and O–H groups in total. The van der Waals surface area contributed by atoms with E-state index in [0.29, 0.717) is 0 Å². The third-order valence-electron chi connectivity index (χ3n) is 2.35. The van der Waals surface area contributed by atoms with E-state index in [9.17, 15) is 5.11 Å². The molecule has 0 heterocycles. The smallest absolute Gasteiger partial charge is 0.118 e. The standard InChI is InChI=1S/C12H19NO2/c1-13(2)9-8-12(14)10-4-6-11(15-3)7-5-10/h4-7,12,14H,8-9H2,1-3H3/t12-/m0/s1. The lowest BCUT2D eigenvalue weighted by Crippen LogP contribution is -2.15. The van der Waals surface area contributed by atoms with Crippen LogP contribution in [0.25, 0.3) is 0 Å². The van der Waals surface area contributed by atoms with Gasteiger partial charge in [0.2, 0.25) is 0 Å². The topological polar surface area (TPSA) is 32.7 Å². The van der Waals surface area contributed by atoms with Crippen LogP contribution in [0.4, 0.5) is 0 Å². The number of methoxy groups -OCH3 is 1. The molecule has 0 aliphatic rings. The van der Waals surface area contributed by atoms with E-state index >= 15 is 0 Å². The number of benzene rings is 1. The van der Waals surface area contributed by atoms with Crippen molar-refractivity contribution in [2.75, 3.05) is 27.7 Å². The summed E-state index contributed by atoms with van der Waals surface area (Å²) in [6, 6.07) is 7.54. The summed E-state index contributed by atoms with van der Waals surface area (Å²) < 4.78 is 5.06. The van der Waals surface area contributed by atoms with Crippen LogP contribution in [0.15, 0.2) is 24.3 Å². The third-order valence-corrected chi connectivity index (χ3v) is 2.35. The number of hydrogen-bond acceptors (Lipinski definition) is 3. The van der Waals surface area contributed by atoms with Crippen molar-refractivity contribution < 1.29 is 9.84 Å². The molecule has 1 aromatic carbocycles. The molecular formula is C12H19NO2. The molecule has 0 bridgehead atoms. The number of aliphatic hydroxyl groups is 1. The molecule has 0 spiro atoms. The van der Waals surface area contributed by atoms with Crippen LogP contribution >= 0.6 is 0 Å². The second-order valence-electron chi connectivity index (χ2n) is 3.88. The Kier molecular flexibility index (Phi) is 4.59. The summed E-state index contributed by atoms with van der Waals surface area (Å²) in [6.07, 6.45) is 0.359. The van der Waals surface area contributed by atoms with Crippen molar-refractivity contribution in [1.29, 1.82) is 0 Å². The molecule has 15 heavy (non-hydrogen) atoms. The van der Waals surface area contributed by atoms with Gasteiger partial charge in [-0.3, -0.25) is 0 Å². The molecule has 1 atom stereocenters. The van der Waals surface area contributed by atoms with E-state index in [1.54, 1.807) is 7.11 Å². The van der Waals surface area contributed by atoms with Gasteiger partial charge in [-0.15, -0.1) is 0 Å². The van der Waals surface area contributed by atoms with Gasteiger partial charge >= 0.3 is 0 Å². The van der Waals surface area contributed by atoms with Crippen LogP contribution in [-0.4, -0.2) is 37.8 Å².